The SMILES string of the molecule is C=CCN(Cn1nnc2ccccc21)C(=O)C1N(CCO)C(=O)[C@@H]2[C@H](C(=O)N(CC=C)Cc3ccccc3)[C@]3(C)CCC12S3. The van der Waals surface area contributed by atoms with Crippen LogP contribution in [0.25, 0.3) is 11.0 Å². The standard InChI is InChI=1S/C33H38N6O4S/c1-4-17-36(21-23-11-7-6-8-12-23)29(41)26-27-30(42)38(19-20-40)28(33(27)16-15-32(26,3)44-33)31(43)37(18-5-2)22-39-25-14-10-9-13-24(25)34-35-39/h4-14,26-28,40H,1-2,15-22H2,3H3/t26-,27+,28?,32+,33?/m1/s1. The van der Waals surface area contributed by atoms with Crippen LogP contribution in [-0.2, 0) is 27.6 Å². The second-order valence-corrected chi connectivity index (χ2v) is 13.9. The summed E-state index contributed by atoms with van der Waals surface area (Å²) in [5.41, 5.74) is 2.50. The van der Waals surface area contributed by atoms with Crippen molar-refractivity contribution in [1.82, 2.24) is 29.7 Å². The highest BCUT2D eigenvalue weighted by atomic mass is 32.2. The van der Waals surface area contributed by atoms with Crippen molar-refractivity contribution in [3.63, 3.8) is 0 Å². The Morgan fingerprint density at radius 1 is 1.05 bits per heavy atom. The molecule has 3 fully saturated rings. The third-order valence-electron chi connectivity index (χ3n) is 9.38. The van der Waals surface area contributed by atoms with E-state index in [1.54, 1.807) is 38.4 Å². The topological polar surface area (TPSA) is 112 Å². The first-order valence-corrected chi connectivity index (χ1v) is 15.8. The molecule has 3 amide bonds. The molecule has 5 atom stereocenters. The fourth-order valence-electron chi connectivity index (χ4n) is 7.55. The Bertz CT molecular complexity index is 1600. The van der Waals surface area contributed by atoms with E-state index in [2.05, 4.69) is 30.4 Å². The van der Waals surface area contributed by atoms with Gasteiger partial charge in [0.15, 0.2) is 0 Å². The van der Waals surface area contributed by atoms with Crippen LogP contribution < -0.4 is 0 Å². The number of aliphatic hydroxyl groups excluding tert-OH is 1. The molecule has 2 unspecified atom stereocenters. The zero-order valence-electron chi connectivity index (χ0n) is 24.9. The Kier molecular flexibility index (Phi) is 8.10. The Hall–Kier alpha value is -3.96. The quantitative estimate of drug-likeness (QED) is 0.312. The van der Waals surface area contributed by atoms with E-state index >= 15 is 0 Å². The first-order chi connectivity index (χ1) is 21.3. The lowest BCUT2D eigenvalue weighted by molar-refractivity contribution is -0.146. The highest BCUT2D eigenvalue weighted by molar-refractivity contribution is 8.02. The number of rotatable bonds is 12. The molecule has 2 aromatic carbocycles. The largest absolute Gasteiger partial charge is 0.395 e. The molecule has 0 saturated carbocycles. The van der Waals surface area contributed by atoms with Crippen molar-refractivity contribution in [2.45, 2.75) is 48.5 Å². The fourth-order valence-corrected chi connectivity index (χ4v) is 9.89. The lowest BCUT2D eigenvalue weighted by atomic mass is 9.66. The number of nitrogens with zero attached hydrogens (tertiary/aromatic N) is 6. The van der Waals surface area contributed by atoms with Gasteiger partial charge in [-0.15, -0.1) is 30.0 Å². The van der Waals surface area contributed by atoms with E-state index in [1.807, 2.05) is 54.6 Å². The predicted octanol–water partition coefficient (Wildman–Crippen LogP) is 3.09. The summed E-state index contributed by atoms with van der Waals surface area (Å²) in [6.45, 7) is 10.7. The van der Waals surface area contributed by atoms with Crippen molar-refractivity contribution in [2.24, 2.45) is 11.8 Å². The van der Waals surface area contributed by atoms with Crippen LogP contribution in [0.3, 0.4) is 0 Å². The van der Waals surface area contributed by atoms with Gasteiger partial charge in [-0.25, -0.2) is 4.68 Å². The second-order valence-electron chi connectivity index (χ2n) is 12.0. The number of aromatic nitrogens is 3. The molecule has 44 heavy (non-hydrogen) atoms. The molecule has 1 aromatic heterocycles. The van der Waals surface area contributed by atoms with Crippen molar-refractivity contribution in [2.75, 3.05) is 26.2 Å². The molecule has 4 heterocycles. The second kappa shape index (κ2) is 11.9. The van der Waals surface area contributed by atoms with Gasteiger partial charge in [0.05, 0.1) is 28.7 Å². The maximum atomic E-state index is 14.6. The van der Waals surface area contributed by atoms with Gasteiger partial charge in [-0.3, -0.25) is 14.4 Å². The minimum absolute atomic E-state index is 0.0141. The lowest BCUT2D eigenvalue weighted by Crippen LogP contribution is -2.55. The molecule has 10 nitrogen and oxygen atoms in total. The number of thioether (sulfide) groups is 1. The third kappa shape index (κ3) is 4.82. The van der Waals surface area contributed by atoms with Crippen molar-refractivity contribution in [1.29, 1.82) is 0 Å². The smallest absolute Gasteiger partial charge is 0.248 e. The number of carbonyl (C=O) groups is 3. The summed E-state index contributed by atoms with van der Waals surface area (Å²) in [7, 11) is 0. The summed E-state index contributed by atoms with van der Waals surface area (Å²) in [6.07, 6.45) is 4.70. The number of amides is 3. The van der Waals surface area contributed by atoms with Crippen LogP contribution in [0.1, 0.15) is 25.3 Å². The van der Waals surface area contributed by atoms with Crippen molar-refractivity contribution >= 4 is 40.5 Å². The van der Waals surface area contributed by atoms with Gasteiger partial charge in [0.25, 0.3) is 0 Å². The van der Waals surface area contributed by atoms with Crippen molar-refractivity contribution in [3.05, 3.63) is 85.5 Å². The zero-order chi connectivity index (χ0) is 31.1. The Morgan fingerprint density at radius 3 is 2.48 bits per heavy atom. The molecule has 11 heteroatoms. The van der Waals surface area contributed by atoms with Gasteiger partial charge in [0, 0.05) is 30.9 Å². The van der Waals surface area contributed by atoms with Crippen LogP contribution in [0.5, 0.6) is 0 Å². The van der Waals surface area contributed by atoms with Crippen LogP contribution >= 0.6 is 11.8 Å². The van der Waals surface area contributed by atoms with Gasteiger partial charge in [0.2, 0.25) is 17.7 Å². The molecule has 2 bridgehead atoms. The molecule has 1 spiro atoms. The fraction of sp³-hybridized carbons (Fsp3) is 0.424. The summed E-state index contributed by atoms with van der Waals surface area (Å²) in [6, 6.07) is 16.5. The number of likely N-dealkylation sites (tertiary alicyclic amines) is 1. The molecule has 0 radical (unpaired) electrons. The van der Waals surface area contributed by atoms with Crippen LogP contribution in [0, 0.1) is 11.8 Å². The van der Waals surface area contributed by atoms with Gasteiger partial charge in [-0.1, -0.05) is 59.8 Å². The van der Waals surface area contributed by atoms with Gasteiger partial charge < -0.3 is 19.8 Å². The van der Waals surface area contributed by atoms with E-state index in [4.69, 9.17) is 0 Å². The molecule has 3 saturated heterocycles. The van der Waals surface area contributed by atoms with Crippen LogP contribution in [0.15, 0.2) is 79.9 Å². The van der Waals surface area contributed by atoms with E-state index in [-0.39, 0.29) is 44.1 Å². The van der Waals surface area contributed by atoms with Gasteiger partial charge in [-0.05, 0) is 37.5 Å². The third-order valence-corrected chi connectivity index (χ3v) is 11.4. The van der Waals surface area contributed by atoms with E-state index in [1.165, 1.54) is 4.90 Å². The molecule has 3 aliphatic rings. The van der Waals surface area contributed by atoms with E-state index in [9.17, 15) is 19.5 Å². The molecule has 230 valence electrons. The lowest BCUT2D eigenvalue weighted by Gasteiger charge is -2.38. The Labute approximate surface area is 261 Å². The Morgan fingerprint density at radius 2 is 1.75 bits per heavy atom. The normalized spacial score (nSPS) is 27.0. The summed E-state index contributed by atoms with van der Waals surface area (Å²) in [5.74, 6) is -1.87. The highest BCUT2D eigenvalue weighted by Gasteiger charge is 2.77. The number of fused-ring (bicyclic) bond motifs is 2. The predicted molar refractivity (Wildman–Crippen MR) is 169 cm³/mol. The molecular weight excluding hydrogens is 576 g/mol. The van der Waals surface area contributed by atoms with Crippen LogP contribution in [0.2, 0.25) is 0 Å². The molecule has 1 N–H and O–H groups in total. The number of benzene rings is 2. The zero-order valence-corrected chi connectivity index (χ0v) is 25.7. The van der Waals surface area contributed by atoms with Gasteiger partial charge in [-0.2, -0.15) is 0 Å². The number of hydrogen-bond acceptors (Lipinski definition) is 7. The minimum atomic E-state index is -0.839. The van der Waals surface area contributed by atoms with Crippen molar-refractivity contribution in [3.8, 4) is 0 Å². The van der Waals surface area contributed by atoms with E-state index in [0.29, 0.717) is 31.4 Å². The number of β-amino-alcohol motifs (C(OH)–C–C–N with tert-alkyl or cyclic N) is 1. The summed E-state index contributed by atoms with van der Waals surface area (Å²) >= 11 is 1.62. The number of carbonyl (C=O) groups excluding carboxylic acids is 3. The number of para-hydroxylation sites is 1. The minimum Gasteiger partial charge on any atom is -0.395 e. The number of aliphatic hydroxyl groups is 1. The summed E-state index contributed by atoms with van der Waals surface area (Å²) < 4.78 is 0.361. The summed E-state index contributed by atoms with van der Waals surface area (Å²) in [5, 5.41) is 18.6. The summed E-state index contributed by atoms with van der Waals surface area (Å²) in [4.78, 5) is 48.3. The maximum Gasteiger partial charge on any atom is 0.248 e. The highest BCUT2D eigenvalue weighted by Crippen LogP contribution is 2.71. The monoisotopic (exact) mass is 614 g/mol. The van der Waals surface area contributed by atoms with Gasteiger partial charge in [0.1, 0.15) is 18.2 Å². The average molecular weight is 615 g/mol. The van der Waals surface area contributed by atoms with Crippen LogP contribution in [0.4, 0.5) is 0 Å². The first kappa shape index (κ1) is 30.1. The molecular formula is C33H38N6O4S. The Balaban J connectivity index is 1.35. The number of hydrogen-bond donors (Lipinski definition) is 1. The molecule has 3 aromatic rings. The van der Waals surface area contributed by atoms with E-state index < -0.39 is 27.4 Å². The van der Waals surface area contributed by atoms with Crippen LogP contribution in [-0.4, -0.2) is 94.3 Å². The van der Waals surface area contributed by atoms with E-state index in [0.717, 1.165) is 11.1 Å². The molecule has 0 aliphatic carbocycles. The molecule has 6 rings (SSSR count). The average Bonchev–Trinajstić information content (AvgIpc) is 3.73. The maximum absolute atomic E-state index is 14.6. The van der Waals surface area contributed by atoms with Gasteiger partial charge >= 0.3 is 0 Å². The van der Waals surface area contributed by atoms with Crippen molar-refractivity contribution < 1.29 is 19.5 Å². The molecule has 3 aliphatic heterocycles. The first-order valence-electron chi connectivity index (χ1n) is 15.0.